The molecule has 182 valence electrons. The number of alkyl halides is 2. The number of fused-ring (bicyclic) bond motifs is 1. The van der Waals surface area contributed by atoms with Crippen LogP contribution in [0.15, 0.2) is 63.3 Å². The lowest BCUT2D eigenvalue weighted by Crippen LogP contribution is -2.33. The molecule has 3 N–H and O–H groups in total. The number of pyridine rings is 1. The van der Waals surface area contributed by atoms with Crippen LogP contribution in [0.25, 0.3) is 16.8 Å². The monoisotopic (exact) mass is 481 g/mol. The molecule has 2 aromatic carbocycles. The molecule has 0 saturated carbocycles. The Labute approximate surface area is 200 Å². The topological polar surface area (TPSA) is 103 Å². The zero-order valence-corrected chi connectivity index (χ0v) is 19.5. The molecule has 4 rings (SSSR count). The number of benzene rings is 2. The summed E-state index contributed by atoms with van der Waals surface area (Å²) in [5.41, 5.74) is 8.99. The third-order valence-corrected chi connectivity index (χ3v) is 5.41. The van der Waals surface area contributed by atoms with Crippen molar-refractivity contribution in [3.8, 4) is 22.6 Å². The van der Waals surface area contributed by atoms with Crippen LogP contribution in [-0.2, 0) is 4.74 Å². The van der Waals surface area contributed by atoms with E-state index in [1.807, 2.05) is 13.8 Å². The van der Waals surface area contributed by atoms with Crippen LogP contribution in [0.4, 0.5) is 26.0 Å². The number of aliphatic imine (C=N–C) groups is 2. The predicted octanol–water partition coefficient (Wildman–Crippen LogP) is 4.62. The summed E-state index contributed by atoms with van der Waals surface area (Å²) in [5.74, 6) is 0.759. The predicted molar refractivity (Wildman–Crippen MR) is 134 cm³/mol. The van der Waals surface area contributed by atoms with E-state index >= 15 is 0 Å². The molecule has 0 fully saturated rings. The second-order valence-corrected chi connectivity index (χ2v) is 7.79. The largest absolute Gasteiger partial charge is 0.480 e. The van der Waals surface area contributed by atoms with Crippen molar-refractivity contribution < 1.29 is 18.3 Å². The van der Waals surface area contributed by atoms with Crippen molar-refractivity contribution in [2.45, 2.75) is 26.5 Å². The Balaban J connectivity index is 1.95. The number of nitrogens with two attached hydrogens (primary N) is 1. The zero-order valence-electron chi connectivity index (χ0n) is 19.5. The number of halogens is 2. The van der Waals surface area contributed by atoms with Crippen LogP contribution in [0.2, 0.25) is 0 Å². The van der Waals surface area contributed by atoms with Crippen molar-refractivity contribution in [1.82, 2.24) is 4.57 Å². The van der Waals surface area contributed by atoms with Gasteiger partial charge in [-0.2, -0.15) is 13.8 Å². The first kappa shape index (κ1) is 23.9. The summed E-state index contributed by atoms with van der Waals surface area (Å²) in [4.78, 5) is 22.5. The number of nitrogens with zero attached hydrogens (tertiary/aromatic N) is 3. The molecule has 1 aliphatic heterocycles. The molecule has 2 heterocycles. The van der Waals surface area contributed by atoms with E-state index in [0.29, 0.717) is 52.1 Å². The number of aromatic nitrogens is 1. The van der Waals surface area contributed by atoms with Crippen molar-refractivity contribution in [3.63, 3.8) is 0 Å². The number of nitrogen functional groups attached to an aromatic ring is 1. The fourth-order valence-corrected chi connectivity index (χ4v) is 3.84. The SMILES string of the molecule is CCOC1=Nc2c(cc(-c3ccc(N)c(C=NC)c3)c(=O)n2-c2ccc(OC(F)F)cc2)NC1C. The molecule has 0 radical (unpaired) electrons. The summed E-state index contributed by atoms with van der Waals surface area (Å²) in [5, 5.41) is 3.34. The first-order valence-corrected chi connectivity index (χ1v) is 11.0. The van der Waals surface area contributed by atoms with Crippen molar-refractivity contribution in [2.24, 2.45) is 9.98 Å². The van der Waals surface area contributed by atoms with Crippen molar-refractivity contribution in [1.29, 1.82) is 0 Å². The standard InChI is InChI=1S/C25H25F2N5O3/c1-4-34-23-14(2)30-21-12-19(15-5-10-20(28)16(11-15)13-29-3)24(33)32(22(21)31-23)17-6-8-18(9-7-17)35-25(26)27/h5-14,25,30H,4,28H2,1-3H3. The minimum absolute atomic E-state index is 0.0193. The Morgan fingerprint density at radius 2 is 1.97 bits per heavy atom. The molecule has 1 unspecified atom stereocenters. The molecule has 0 bridgehead atoms. The first-order chi connectivity index (χ1) is 16.8. The van der Waals surface area contributed by atoms with Crippen molar-refractivity contribution in [3.05, 3.63) is 64.4 Å². The van der Waals surface area contributed by atoms with Gasteiger partial charge in [-0.1, -0.05) is 6.07 Å². The number of nitrogens with one attached hydrogen (secondary N) is 1. The number of ether oxygens (including phenoxy) is 2. The lowest BCUT2D eigenvalue weighted by Gasteiger charge is -2.26. The summed E-state index contributed by atoms with van der Waals surface area (Å²) < 4.78 is 36.7. The molecule has 8 nitrogen and oxygen atoms in total. The molecule has 3 aromatic rings. The maximum atomic E-state index is 13.8. The van der Waals surface area contributed by atoms with Gasteiger partial charge >= 0.3 is 6.61 Å². The van der Waals surface area contributed by atoms with Crippen LogP contribution in [-0.4, -0.2) is 43.0 Å². The van der Waals surface area contributed by atoms with E-state index in [2.05, 4.69) is 20.0 Å². The fourth-order valence-electron chi connectivity index (χ4n) is 3.84. The van der Waals surface area contributed by atoms with Gasteiger partial charge in [0.05, 0.1) is 24.0 Å². The van der Waals surface area contributed by atoms with Gasteiger partial charge in [0.15, 0.2) is 5.82 Å². The van der Waals surface area contributed by atoms with Crippen molar-refractivity contribution >= 4 is 29.3 Å². The van der Waals surface area contributed by atoms with Gasteiger partial charge in [0.2, 0.25) is 5.90 Å². The van der Waals surface area contributed by atoms with E-state index < -0.39 is 6.61 Å². The Hall–Kier alpha value is -4.21. The van der Waals surface area contributed by atoms with E-state index in [9.17, 15) is 13.6 Å². The van der Waals surface area contributed by atoms with Crippen LogP contribution >= 0.6 is 0 Å². The summed E-state index contributed by atoms with van der Waals surface area (Å²) in [6.07, 6.45) is 1.62. The first-order valence-electron chi connectivity index (χ1n) is 11.0. The van der Waals surface area contributed by atoms with Crippen LogP contribution in [0.5, 0.6) is 5.75 Å². The molecule has 35 heavy (non-hydrogen) atoms. The maximum absolute atomic E-state index is 13.8. The number of anilines is 2. The van der Waals surface area contributed by atoms with Gasteiger partial charge in [-0.05, 0) is 61.9 Å². The van der Waals surface area contributed by atoms with Gasteiger partial charge in [0.25, 0.3) is 5.56 Å². The van der Waals surface area contributed by atoms with Gasteiger partial charge in [0, 0.05) is 30.1 Å². The van der Waals surface area contributed by atoms with Gasteiger partial charge in [-0.25, -0.2) is 0 Å². The normalized spacial score (nSPS) is 15.0. The lowest BCUT2D eigenvalue weighted by molar-refractivity contribution is -0.0498. The second kappa shape index (κ2) is 9.96. The Kier molecular flexibility index (Phi) is 6.81. The van der Waals surface area contributed by atoms with Crippen molar-refractivity contribution in [2.75, 3.05) is 24.7 Å². The minimum atomic E-state index is -2.95. The second-order valence-electron chi connectivity index (χ2n) is 7.79. The highest BCUT2D eigenvalue weighted by Gasteiger charge is 2.26. The number of hydrogen-bond donors (Lipinski definition) is 2. The van der Waals surface area contributed by atoms with Gasteiger partial charge in [-0.3, -0.25) is 14.4 Å². The molecule has 1 atom stereocenters. The van der Waals surface area contributed by atoms with E-state index in [4.69, 9.17) is 10.5 Å². The Morgan fingerprint density at radius 3 is 2.63 bits per heavy atom. The smallest absolute Gasteiger partial charge is 0.387 e. The van der Waals surface area contributed by atoms with Crippen LogP contribution in [0.3, 0.4) is 0 Å². The average Bonchev–Trinajstić information content (AvgIpc) is 2.82. The van der Waals surface area contributed by atoms with Crippen LogP contribution in [0, 0.1) is 0 Å². The summed E-state index contributed by atoms with van der Waals surface area (Å²) in [6, 6.07) is 12.6. The van der Waals surface area contributed by atoms with E-state index in [0.717, 1.165) is 0 Å². The molecule has 1 aromatic heterocycles. The Morgan fingerprint density at radius 1 is 1.23 bits per heavy atom. The molecule has 0 amide bonds. The molecule has 0 aliphatic carbocycles. The average molecular weight is 482 g/mol. The number of rotatable bonds is 6. The lowest BCUT2D eigenvalue weighted by atomic mass is 10.0. The molecular formula is C25H25F2N5O3. The molecule has 0 spiro atoms. The van der Waals surface area contributed by atoms with Gasteiger partial charge in [0.1, 0.15) is 5.75 Å². The molecule has 1 aliphatic rings. The molecule has 10 heteroatoms. The third kappa shape index (κ3) is 4.86. The summed E-state index contributed by atoms with van der Waals surface area (Å²) in [7, 11) is 1.64. The molecule has 0 saturated heterocycles. The third-order valence-electron chi connectivity index (χ3n) is 5.41. The minimum Gasteiger partial charge on any atom is -0.480 e. The fraction of sp³-hybridized carbons (Fsp3) is 0.240. The van der Waals surface area contributed by atoms with Gasteiger partial charge < -0.3 is 20.5 Å². The quantitative estimate of drug-likeness (QED) is 0.395. The number of hydrogen-bond acceptors (Lipinski definition) is 7. The maximum Gasteiger partial charge on any atom is 0.387 e. The van der Waals surface area contributed by atoms with E-state index in [1.54, 1.807) is 37.5 Å². The van der Waals surface area contributed by atoms with E-state index in [-0.39, 0.29) is 17.4 Å². The Bertz CT molecular complexity index is 1350. The highest BCUT2D eigenvalue weighted by atomic mass is 19.3. The van der Waals surface area contributed by atoms with E-state index in [1.165, 1.54) is 28.8 Å². The molecular weight excluding hydrogens is 456 g/mol. The van der Waals surface area contributed by atoms with Gasteiger partial charge in [-0.15, -0.1) is 0 Å². The summed E-state index contributed by atoms with van der Waals surface area (Å²) >= 11 is 0. The van der Waals surface area contributed by atoms with Crippen LogP contribution < -0.4 is 21.3 Å². The zero-order chi connectivity index (χ0) is 25.1. The van der Waals surface area contributed by atoms with Crippen LogP contribution in [0.1, 0.15) is 19.4 Å². The highest BCUT2D eigenvalue weighted by molar-refractivity contribution is 5.94. The summed E-state index contributed by atoms with van der Waals surface area (Å²) in [6.45, 7) is 1.22. The highest BCUT2D eigenvalue weighted by Crippen LogP contribution is 2.35.